The van der Waals surface area contributed by atoms with Crippen LogP contribution in [0.3, 0.4) is 0 Å². The molecular weight excluding hydrogens is 466 g/mol. The van der Waals surface area contributed by atoms with Crippen molar-refractivity contribution in [2.75, 3.05) is 13.2 Å². The second-order valence-corrected chi connectivity index (χ2v) is 6.66. The molecule has 6 heteroatoms. The van der Waals surface area contributed by atoms with Gasteiger partial charge in [-0.25, -0.2) is 0 Å². The molecule has 0 radical (unpaired) electrons. The van der Waals surface area contributed by atoms with Crippen LogP contribution < -0.4 is 9.47 Å². The topological polar surface area (TPSA) is 42.2 Å². The highest BCUT2D eigenvalue weighted by molar-refractivity contribution is 9.11. The van der Waals surface area contributed by atoms with E-state index in [1.54, 1.807) is 24.3 Å². The number of rotatable bonds is 5. The van der Waals surface area contributed by atoms with E-state index < -0.39 is 0 Å². The molecule has 0 amide bonds. The van der Waals surface area contributed by atoms with Crippen molar-refractivity contribution in [2.45, 2.75) is 0 Å². The van der Waals surface area contributed by atoms with E-state index in [1.807, 2.05) is 12.1 Å². The molecule has 0 aliphatic heterocycles. The quantitative estimate of drug-likeness (QED) is 0.551. The Kier molecular flexibility index (Phi) is 6.09. The predicted octanol–water partition coefficient (Wildman–Crippen LogP) is 5.30. The van der Waals surface area contributed by atoms with Gasteiger partial charge in [-0.3, -0.25) is 0 Å². The van der Waals surface area contributed by atoms with Gasteiger partial charge in [0.05, 0.1) is 20.6 Å². The van der Waals surface area contributed by atoms with Gasteiger partial charge in [0, 0.05) is 4.47 Å². The molecule has 0 unspecified atom stereocenters. The molecule has 0 atom stereocenters. The minimum absolute atomic E-state index is 0.416. The van der Waals surface area contributed by atoms with Crippen LogP contribution in [0.1, 0.15) is 5.56 Å². The molecule has 0 saturated carbocycles. The normalized spacial score (nSPS) is 10.0. The Balaban J connectivity index is 1.86. The zero-order valence-corrected chi connectivity index (χ0v) is 15.5. The summed E-state index contributed by atoms with van der Waals surface area (Å²) in [7, 11) is 0. The highest BCUT2D eigenvalue weighted by Crippen LogP contribution is 2.36. The lowest BCUT2D eigenvalue weighted by molar-refractivity contribution is 0.215. The first kappa shape index (κ1) is 16.3. The van der Waals surface area contributed by atoms with Crippen molar-refractivity contribution in [1.82, 2.24) is 0 Å². The molecule has 108 valence electrons. The molecule has 21 heavy (non-hydrogen) atoms. The third-order valence-electron chi connectivity index (χ3n) is 2.54. The molecule has 0 fully saturated rings. The fourth-order valence-electron chi connectivity index (χ4n) is 1.60. The molecule has 3 nitrogen and oxygen atoms in total. The van der Waals surface area contributed by atoms with Crippen LogP contribution >= 0.6 is 47.8 Å². The van der Waals surface area contributed by atoms with Crippen molar-refractivity contribution in [3.05, 3.63) is 55.4 Å². The van der Waals surface area contributed by atoms with E-state index >= 15 is 0 Å². The van der Waals surface area contributed by atoms with Crippen LogP contribution in [0.15, 0.2) is 49.8 Å². The molecule has 2 rings (SSSR count). The molecule has 0 heterocycles. The average molecular weight is 476 g/mol. The van der Waals surface area contributed by atoms with Gasteiger partial charge in [-0.15, -0.1) is 0 Å². The lowest BCUT2D eigenvalue weighted by Crippen LogP contribution is -2.09. The Bertz CT molecular complexity index is 643. The summed E-state index contributed by atoms with van der Waals surface area (Å²) in [5.74, 6) is 1.45. The summed E-state index contributed by atoms with van der Waals surface area (Å²) in [4.78, 5) is 0. The van der Waals surface area contributed by atoms with Gasteiger partial charge in [0.1, 0.15) is 24.7 Å². The number of nitriles is 1. The number of ether oxygens (including phenoxy) is 2. The number of hydrogen-bond acceptors (Lipinski definition) is 3. The standard InChI is InChI=1S/C15H10Br3NO2/c16-11-7-13(17)15(14(18)8-11)21-6-5-20-12-3-1-10(9-19)2-4-12/h1-4,7-8H,5-6H2. The SMILES string of the molecule is N#Cc1ccc(OCCOc2c(Br)cc(Br)cc2Br)cc1. The first-order valence-electron chi connectivity index (χ1n) is 6.00. The fourth-order valence-corrected chi connectivity index (χ4v) is 4.08. The summed E-state index contributed by atoms with van der Waals surface area (Å²) in [5.41, 5.74) is 0.612. The molecule has 2 aromatic rings. The zero-order valence-electron chi connectivity index (χ0n) is 10.8. The Morgan fingerprint density at radius 3 is 2.05 bits per heavy atom. The first-order valence-corrected chi connectivity index (χ1v) is 8.38. The highest BCUT2D eigenvalue weighted by atomic mass is 79.9. The highest BCUT2D eigenvalue weighted by Gasteiger charge is 2.08. The van der Waals surface area contributed by atoms with Crippen molar-refractivity contribution in [2.24, 2.45) is 0 Å². The van der Waals surface area contributed by atoms with Crippen molar-refractivity contribution in [1.29, 1.82) is 5.26 Å². The Morgan fingerprint density at radius 2 is 1.48 bits per heavy atom. The van der Waals surface area contributed by atoms with E-state index in [9.17, 15) is 0 Å². The summed E-state index contributed by atoms with van der Waals surface area (Å²) < 4.78 is 13.9. The third kappa shape index (κ3) is 4.73. The van der Waals surface area contributed by atoms with E-state index in [2.05, 4.69) is 53.9 Å². The average Bonchev–Trinajstić information content (AvgIpc) is 2.46. The molecule has 2 aromatic carbocycles. The molecule has 0 aliphatic rings. The first-order chi connectivity index (χ1) is 10.1. The Morgan fingerprint density at radius 1 is 0.905 bits per heavy atom. The number of halogens is 3. The molecule has 0 aromatic heterocycles. The number of benzene rings is 2. The van der Waals surface area contributed by atoms with Crippen molar-refractivity contribution >= 4 is 47.8 Å². The summed E-state index contributed by atoms with van der Waals surface area (Å²) in [6.45, 7) is 0.833. The number of hydrogen-bond donors (Lipinski definition) is 0. The van der Waals surface area contributed by atoms with E-state index in [-0.39, 0.29) is 0 Å². The maximum atomic E-state index is 8.72. The fraction of sp³-hybridized carbons (Fsp3) is 0.133. The summed E-state index contributed by atoms with van der Waals surface area (Å²) in [6.07, 6.45) is 0. The molecule has 0 bridgehead atoms. The molecule has 0 spiro atoms. The second kappa shape index (κ2) is 7.83. The van der Waals surface area contributed by atoms with Gasteiger partial charge < -0.3 is 9.47 Å². The van der Waals surface area contributed by atoms with Gasteiger partial charge in [0.25, 0.3) is 0 Å². The van der Waals surface area contributed by atoms with Crippen LogP contribution in [0, 0.1) is 11.3 Å². The van der Waals surface area contributed by atoms with E-state index in [4.69, 9.17) is 14.7 Å². The van der Waals surface area contributed by atoms with Crippen molar-refractivity contribution < 1.29 is 9.47 Å². The van der Waals surface area contributed by atoms with Gasteiger partial charge >= 0.3 is 0 Å². The van der Waals surface area contributed by atoms with Crippen LogP contribution in [0.2, 0.25) is 0 Å². The van der Waals surface area contributed by atoms with Gasteiger partial charge in [-0.05, 0) is 68.3 Å². The van der Waals surface area contributed by atoms with Crippen molar-refractivity contribution in [3.63, 3.8) is 0 Å². The summed E-state index contributed by atoms with van der Waals surface area (Å²) in [5, 5.41) is 8.72. The molecule has 0 saturated heterocycles. The van der Waals surface area contributed by atoms with Crippen LogP contribution in [0.25, 0.3) is 0 Å². The smallest absolute Gasteiger partial charge is 0.147 e. The maximum Gasteiger partial charge on any atom is 0.147 e. The lowest BCUT2D eigenvalue weighted by Gasteiger charge is -2.11. The van der Waals surface area contributed by atoms with E-state index in [1.165, 1.54) is 0 Å². The zero-order chi connectivity index (χ0) is 15.2. The maximum absolute atomic E-state index is 8.72. The molecule has 0 N–H and O–H groups in total. The Hall–Kier alpha value is -1.03. The van der Waals surface area contributed by atoms with Gasteiger partial charge in [0.15, 0.2) is 0 Å². The van der Waals surface area contributed by atoms with Gasteiger partial charge in [0.2, 0.25) is 0 Å². The molecule has 0 aliphatic carbocycles. The molecular formula is C15H10Br3NO2. The van der Waals surface area contributed by atoms with Gasteiger partial charge in [-0.1, -0.05) is 15.9 Å². The summed E-state index contributed by atoms with van der Waals surface area (Å²) in [6, 6.07) is 12.9. The van der Waals surface area contributed by atoms with Crippen LogP contribution in [-0.4, -0.2) is 13.2 Å². The van der Waals surface area contributed by atoms with Crippen LogP contribution in [0.5, 0.6) is 11.5 Å². The minimum Gasteiger partial charge on any atom is -0.490 e. The second-order valence-electron chi connectivity index (χ2n) is 4.03. The predicted molar refractivity (Wildman–Crippen MR) is 91.7 cm³/mol. The van der Waals surface area contributed by atoms with Crippen LogP contribution in [0.4, 0.5) is 0 Å². The van der Waals surface area contributed by atoms with Crippen molar-refractivity contribution in [3.8, 4) is 17.6 Å². The van der Waals surface area contributed by atoms with E-state index in [0.29, 0.717) is 24.5 Å². The summed E-state index contributed by atoms with van der Waals surface area (Å²) >= 11 is 10.3. The lowest BCUT2D eigenvalue weighted by atomic mass is 10.2. The van der Waals surface area contributed by atoms with Gasteiger partial charge in [-0.2, -0.15) is 5.26 Å². The Labute approximate surface area is 148 Å². The van der Waals surface area contributed by atoms with Crippen LogP contribution in [-0.2, 0) is 0 Å². The largest absolute Gasteiger partial charge is 0.490 e. The monoisotopic (exact) mass is 473 g/mol. The third-order valence-corrected chi connectivity index (χ3v) is 4.18. The number of nitrogens with zero attached hydrogens (tertiary/aromatic N) is 1. The van der Waals surface area contributed by atoms with E-state index in [0.717, 1.165) is 19.2 Å². The minimum atomic E-state index is 0.416.